The molecule has 12 heavy (non-hydrogen) atoms. The molecule has 1 unspecified atom stereocenters. The molecule has 0 saturated heterocycles. The Kier molecular flexibility index (Phi) is 4.98. The van der Waals surface area contributed by atoms with E-state index in [0.29, 0.717) is 0 Å². The molecule has 3 N–H and O–H groups in total. The summed E-state index contributed by atoms with van der Waals surface area (Å²) in [5, 5.41) is 25.0. The summed E-state index contributed by atoms with van der Waals surface area (Å²) >= 11 is 0. The normalized spacial score (nSPS) is 12.2. The summed E-state index contributed by atoms with van der Waals surface area (Å²) in [5.74, 6) is -2.23. The maximum atomic E-state index is 10.5. The number of carboxylic acids is 1. The molecule has 0 aromatic carbocycles. The van der Waals surface area contributed by atoms with Crippen molar-refractivity contribution in [1.82, 2.24) is 0 Å². The SMILES string of the molecule is O=C(O)CC(=O)OCC(O)CO. The largest absolute Gasteiger partial charge is 0.481 e. The van der Waals surface area contributed by atoms with E-state index < -0.39 is 31.1 Å². The third-order valence-corrected chi connectivity index (χ3v) is 0.943. The first-order valence-electron chi connectivity index (χ1n) is 3.22. The maximum absolute atomic E-state index is 10.5. The van der Waals surface area contributed by atoms with Crippen LogP contribution in [-0.4, -0.2) is 46.6 Å². The Morgan fingerprint density at radius 1 is 1.42 bits per heavy atom. The molecule has 0 radical (unpaired) electrons. The van der Waals surface area contributed by atoms with Crippen LogP contribution < -0.4 is 0 Å². The Bertz CT molecular complexity index is 165. The van der Waals surface area contributed by atoms with Gasteiger partial charge < -0.3 is 20.1 Å². The van der Waals surface area contributed by atoms with Gasteiger partial charge in [0.25, 0.3) is 0 Å². The molecule has 0 aromatic rings. The van der Waals surface area contributed by atoms with Crippen molar-refractivity contribution in [1.29, 1.82) is 0 Å². The van der Waals surface area contributed by atoms with E-state index in [0.717, 1.165) is 0 Å². The molecule has 0 saturated carbocycles. The van der Waals surface area contributed by atoms with Gasteiger partial charge in [0.15, 0.2) is 0 Å². The van der Waals surface area contributed by atoms with Gasteiger partial charge in [-0.25, -0.2) is 0 Å². The van der Waals surface area contributed by atoms with Gasteiger partial charge in [0, 0.05) is 0 Å². The summed E-state index contributed by atoms with van der Waals surface area (Å²) in [5.41, 5.74) is 0. The van der Waals surface area contributed by atoms with Crippen molar-refractivity contribution in [2.24, 2.45) is 0 Å². The smallest absolute Gasteiger partial charge is 0.317 e. The number of rotatable bonds is 5. The predicted molar refractivity (Wildman–Crippen MR) is 36.3 cm³/mol. The highest BCUT2D eigenvalue weighted by molar-refractivity contribution is 5.90. The monoisotopic (exact) mass is 178 g/mol. The predicted octanol–water partition coefficient (Wildman–Crippen LogP) is -1.64. The van der Waals surface area contributed by atoms with Crippen LogP contribution in [0.4, 0.5) is 0 Å². The summed E-state index contributed by atoms with van der Waals surface area (Å²) in [4.78, 5) is 20.4. The molecule has 0 aliphatic heterocycles. The fraction of sp³-hybridized carbons (Fsp3) is 0.667. The highest BCUT2D eigenvalue weighted by Gasteiger charge is 2.10. The highest BCUT2D eigenvalue weighted by atomic mass is 16.5. The summed E-state index contributed by atoms with van der Waals surface area (Å²) in [6, 6.07) is 0. The molecule has 70 valence electrons. The molecule has 6 heteroatoms. The molecule has 0 fully saturated rings. The van der Waals surface area contributed by atoms with E-state index in [1.165, 1.54) is 0 Å². The topological polar surface area (TPSA) is 104 Å². The molecule has 6 nitrogen and oxygen atoms in total. The van der Waals surface area contributed by atoms with Crippen molar-refractivity contribution in [2.75, 3.05) is 13.2 Å². The first-order chi connectivity index (χ1) is 5.56. The van der Waals surface area contributed by atoms with Crippen LogP contribution in [0.15, 0.2) is 0 Å². The maximum Gasteiger partial charge on any atom is 0.317 e. The number of esters is 1. The molecule has 0 aliphatic rings. The third-order valence-electron chi connectivity index (χ3n) is 0.943. The number of ether oxygens (including phenoxy) is 1. The summed E-state index contributed by atoms with van der Waals surface area (Å²) in [6.07, 6.45) is -1.89. The quantitative estimate of drug-likeness (QED) is 0.344. The fourth-order valence-electron chi connectivity index (χ4n) is 0.416. The minimum Gasteiger partial charge on any atom is -0.481 e. The fourth-order valence-corrected chi connectivity index (χ4v) is 0.416. The molecule has 0 spiro atoms. The van der Waals surface area contributed by atoms with Crippen LogP contribution in [0.1, 0.15) is 6.42 Å². The highest BCUT2D eigenvalue weighted by Crippen LogP contribution is 1.89. The van der Waals surface area contributed by atoms with E-state index >= 15 is 0 Å². The van der Waals surface area contributed by atoms with Crippen LogP contribution in [0.5, 0.6) is 0 Å². The van der Waals surface area contributed by atoms with Gasteiger partial charge in [-0.05, 0) is 0 Å². The first kappa shape index (κ1) is 10.9. The Hall–Kier alpha value is -1.14. The lowest BCUT2D eigenvalue weighted by atomic mass is 10.4. The molecule has 0 amide bonds. The Balaban J connectivity index is 3.50. The number of aliphatic hydroxyl groups excluding tert-OH is 2. The molecule has 0 aliphatic carbocycles. The number of hydrogen-bond donors (Lipinski definition) is 3. The number of aliphatic hydroxyl groups is 2. The van der Waals surface area contributed by atoms with Crippen molar-refractivity contribution in [3.8, 4) is 0 Å². The number of aliphatic carboxylic acids is 1. The Labute approximate surface area is 68.4 Å². The van der Waals surface area contributed by atoms with Crippen LogP contribution in [0.2, 0.25) is 0 Å². The zero-order valence-corrected chi connectivity index (χ0v) is 6.27. The lowest BCUT2D eigenvalue weighted by Gasteiger charge is -2.06. The van der Waals surface area contributed by atoms with Crippen LogP contribution in [0, 0.1) is 0 Å². The van der Waals surface area contributed by atoms with E-state index in [2.05, 4.69) is 4.74 Å². The van der Waals surface area contributed by atoms with Gasteiger partial charge >= 0.3 is 11.9 Å². The minimum atomic E-state index is -1.29. The van der Waals surface area contributed by atoms with E-state index in [1.807, 2.05) is 0 Å². The Morgan fingerprint density at radius 3 is 2.42 bits per heavy atom. The summed E-state index contributed by atoms with van der Waals surface area (Å²) in [7, 11) is 0. The van der Waals surface area contributed by atoms with Gasteiger partial charge in [-0.15, -0.1) is 0 Å². The second-order valence-corrected chi connectivity index (χ2v) is 2.09. The minimum absolute atomic E-state index is 0.386. The van der Waals surface area contributed by atoms with Gasteiger partial charge in [-0.1, -0.05) is 0 Å². The average Bonchev–Trinajstić information content (AvgIpc) is 1.99. The van der Waals surface area contributed by atoms with Crippen molar-refractivity contribution >= 4 is 11.9 Å². The molecule has 0 bridgehead atoms. The van der Waals surface area contributed by atoms with Crippen molar-refractivity contribution in [3.05, 3.63) is 0 Å². The lowest BCUT2D eigenvalue weighted by Crippen LogP contribution is -2.22. The van der Waals surface area contributed by atoms with Crippen molar-refractivity contribution in [3.63, 3.8) is 0 Å². The van der Waals surface area contributed by atoms with Crippen molar-refractivity contribution in [2.45, 2.75) is 12.5 Å². The summed E-state index contributed by atoms with van der Waals surface area (Å²) < 4.78 is 4.28. The van der Waals surface area contributed by atoms with Crippen molar-refractivity contribution < 1.29 is 29.6 Å². The number of hydrogen-bond acceptors (Lipinski definition) is 5. The molecule has 0 heterocycles. The third kappa shape index (κ3) is 5.63. The molecule has 0 rings (SSSR count). The number of carboxylic acid groups (broad SMARTS) is 1. The molecule has 0 aromatic heterocycles. The average molecular weight is 178 g/mol. The zero-order valence-electron chi connectivity index (χ0n) is 6.27. The second-order valence-electron chi connectivity index (χ2n) is 2.09. The number of carbonyl (C=O) groups is 2. The zero-order chi connectivity index (χ0) is 9.56. The van der Waals surface area contributed by atoms with Gasteiger partial charge in [-0.3, -0.25) is 9.59 Å². The van der Waals surface area contributed by atoms with Crippen LogP contribution >= 0.6 is 0 Å². The van der Waals surface area contributed by atoms with Gasteiger partial charge in [0.1, 0.15) is 19.1 Å². The summed E-state index contributed by atoms with van der Waals surface area (Å²) in [6.45, 7) is -0.914. The number of carbonyl (C=O) groups excluding carboxylic acids is 1. The standard InChI is InChI=1S/C6H10O6/c7-2-4(8)3-12-6(11)1-5(9)10/h4,7-8H,1-3H2,(H,9,10). The molecular formula is C6H10O6. The molecular weight excluding hydrogens is 168 g/mol. The van der Waals surface area contributed by atoms with Crippen LogP contribution in [0.25, 0.3) is 0 Å². The van der Waals surface area contributed by atoms with E-state index in [-0.39, 0.29) is 6.61 Å². The van der Waals surface area contributed by atoms with Gasteiger partial charge in [0.2, 0.25) is 0 Å². The van der Waals surface area contributed by atoms with Gasteiger partial charge in [-0.2, -0.15) is 0 Å². The van der Waals surface area contributed by atoms with E-state index in [9.17, 15) is 9.59 Å². The van der Waals surface area contributed by atoms with Crippen LogP contribution in [-0.2, 0) is 14.3 Å². The van der Waals surface area contributed by atoms with Crippen LogP contribution in [0.3, 0.4) is 0 Å². The van der Waals surface area contributed by atoms with E-state index in [4.69, 9.17) is 15.3 Å². The molecule has 1 atom stereocenters. The first-order valence-corrected chi connectivity index (χ1v) is 3.22. The second kappa shape index (κ2) is 5.50. The van der Waals surface area contributed by atoms with Gasteiger partial charge in [0.05, 0.1) is 6.61 Å². The lowest BCUT2D eigenvalue weighted by molar-refractivity contribution is -0.153. The Morgan fingerprint density at radius 2 is 2.00 bits per heavy atom. The van der Waals surface area contributed by atoms with E-state index in [1.54, 1.807) is 0 Å².